The molecule has 2 heteroatoms. The van der Waals surface area contributed by atoms with Crippen LogP contribution >= 0.6 is 11.6 Å². The molecule has 0 heterocycles. The average molecular weight is 188 g/mol. The molecule has 0 spiro atoms. The second-order valence-corrected chi connectivity index (χ2v) is 3.72. The summed E-state index contributed by atoms with van der Waals surface area (Å²) in [5.74, 6) is 1.65. The molecule has 1 rings (SSSR count). The third-order valence-electron chi connectivity index (χ3n) is 2.47. The van der Waals surface area contributed by atoms with E-state index in [0.717, 1.165) is 19.0 Å². The summed E-state index contributed by atoms with van der Waals surface area (Å²) in [7, 11) is 0. The highest BCUT2D eigenvalue weighted by atomic mass is 35.5. The summed E-state index contributed by atoms with van der Waals surface area (Å²) in [5, 5.41) is 3.37. The van der Waals surface area contributed by atoms with Crippen LogP contribution in [-0.2, 0) is 0 Å². The number of rotatable bonds is 6. The Balaban J connectivity index is 1.79. The van der Waals surface area contributed by atoms with E-state index < -0.39 is 0 Å². The molecule has 0 amide bonds. The Kier molecular flexibility index (Phi) is 5.46. The van der Waals surface area contributed by atoms with Crippen molar-refractivity contribution in [1.82, 2.24) is 5.32 Å². The summed E-state index contributed by atoms with van der Waals surface area (Å²) in [6.07, 6.45) is 9.80. The Hall–Kier alpha value is -0.0100. The predicted octanol–water partition coefficient (Wildman–Crippen LogP) is 2.56. The molecule has 1 N–H and O–H groups in total. The van der Waals surface area contributed by atoms with Crippen molar-refractivity contribution < 1.29 is 0 Å². The first-order valence-electron chi connectivity index (χ1n) is 4.85. The predicted molar refractivity (Wildman–Crippen MR) is 54.7 cm³/mol. The molecule has 1 aliphatic carbocycles. The van der Waals surface area contributed by atoms with Gasteiger partial charge in [-0.05, 0) is 18.9 Å². The number of halogens is 1. The molecule has 1 aliphatic rings. The summed E-state index contributed by atoms with van der Waals surface area (Å²) in [5.41, 5.74) is 0. The molecule has 0 saturated heterocycles. The van der Waals surface area contributed by atoms with Crippen molar-refractivity contribution >= 4 is 11.6 Å². The quantitative estimate of drug-likeness (QED) is 0.383. The molecule has 0 aliphatic heterocycles. The van der Waals surface area contributed by atoms with Crippen LogP contribution in [0.3, 0.4) is 0 Å². The van der Waals surface area contributed by atoms with E-state index in [4.69, 9.17) is 11.6 Å². The van der Waals surface area contributed by atoms with Gasteiger partial charge in [0, 0.05) is 12.4 Å². The van der Waals surface area contributed by atoms with Crippen LogP contribution in [0.1, 0.15) is 25.7 Å². The molecule has 1 nitrogen and oxygen atoms in total. The summed E-state index contributed by atoms with van der Waals surface area (Å²) in [6.45, 7) is 2.14. The van der Waals surface area contributed by atoms with Crippen LogP contribution in [0.15, 0.2) is 12.2 Å². The standard InChI is InChI=1S/C10H18ClN/c11-7-1-2-8-12-9-6-10-4-3-5-10/h1-2,10,12H,3-9H2/b2-1+. The lowest BCUT2D eigenvalue weighted by atomic mass is 9.83. The zero-order chi connectivity index (χ0) is 8.65. The molecule has 70 valence electrons. The zero-order valence-corrected chi connectivity index (χ0v) is 8.32. The van der Waals surface area contributed by atoms with E-state index in [1.54, 1.807) is 0 Å². The van der Waals surface area contributed by atoms with E-state index in [-0.39, 0.29) is 0 Å². The summed E-state index contributed by atoms with van der Waals surface area (Å²) >= 11 is 5.48. The molecule has 0 unspecified atom stereocenters. The molecule has 12 heavy (non-hydrogen) atoms. The van der Waals surface area contributed by atoms with E-state index in [9.17, 15) is 0 Å². The van der Waals surface area contributed by atoms with Crippen LogP contribution in [0.25, 0.3) is 0 Å². The molecule has 0 bridgehead atoms. The second-order valence-electron chi connectivity index (χ2n) is 3.42. The molecule has 0 radical (unpaired) electrons. The highest BCUT2D eigenvalue weighted by Crippen LogP contribution is 2.28. The maximum Gasteiger partial charge on any atom is 0.0404 e. The number of allylic oxidation sites excluding steroid dienone is 1. The Bertz CT molecular complexity index is 130. The lowest BCUT2D eigenvalue weighted by Gasteiger charge is -2.24. The van der Waals surface area contributed by atoms with Gasteiger partial charge in [-0.2, -0.15) is 0 Å². The molecule has 0 aromatic heterocycles. The number of nitrogens with one attached hydrogen (secondary N) is 1. The number of hydrogen-bond acceptors (Lipinski definition) is 1. The first-order valence-corrected chi connectivity index (χ1v) is 5.38. The maximum absolute atomic E-state index is 5.48. The van der Waals surface area contributed by atoms with E-state index >= 15 is 0 Å². The first-order chi connectivity index (χ1) is 5.93. The highest BCUT2D eigenvalue weighted by Gasteiger charge is 2.15. The van der Waals surface area contributed by atoms with E-state index in [0.29, 0.717) is 5.88 Å². The van der Waals surface area contributed by atoms with Crippen molar-refractivity contribution in [2.75, 3.05) is 19.0 Å². The average Bonchev–Trinajstić information content (AvgIpc) is 2.00. The minimum absolute atomic E-state index is 0.629. The Labute approximate surface area is 80.2 Å². The minimum atomic E-state index is 0.629. The fourth-order valence-electron chi connectivity index (χ4n) is 1.42. The van der Waals surface area contributed by atoms with E-state index in [2.05, 4.69) is 11.4 Å². The van der Waals surface area contributed by atoms with Crippen LogP contribution in [0.2, 0.25) is 0 Å². The SMILES string of the molecule is ClC/C=C/CNCCC1CCC1. The van der Waals surface area contributed by atoms with Crippen LogP contribution < -0.4 is 5.32 Å². The van der Waals surface area contributed by atoms with Crippen LogP contribution in [0.4, 0.5) is 0 Å². The molecular weight excluding hydrogens is 170 g/mol. The van der Waals surface area contributed by atoms with Gasteiger partial charge in [-0.15, -0.1) is 11.6 Å². The fourth-order valence-corrected chi connectivity index (χ4v) is 1.55. The topological polar surface area (TPSA) is 12.0 Å². The van der Waals surface area contributed by atoms with Crippen molar-refractivity contribution in [1.29, 1.82) is 0 Å². The summed E-state index contributed by atoms with van der Waals surface area (Å²) in [6, 6.07) is 0. The summed E-state index contributed by atoms with van der Waals surface area (Å²) < 4.78 is 0. The second kappa shape index (κ2) is 6.50. The zero-order valence-electron chi connectivity index (χ0n) is 7.56. The molecule has 1 fully saturated rings. The Morgan fingerprint density at radius 2 is 2.17 bits per heavy atom. The van der Waals surface area contributed by atoms with Crippen LogP contribution in [0, 0.1) is 5.92 Å². The Morgan fingerprint density at radius 1 is 1.33 bits per heavy atom. The highest BCUT2D eigenvalue weighted by molar-refractivity contribution is 6.18. The molecule has 1 saturated carbocycles. The van der Waals surface area contributed by atoms with Crippen LogP contribution in [0.5, 0.6) is 0 Å². The van der Waals surface area contributed by atoms with Crippen molar-refractivity contribution in [3.05, 3.63) is 12.2 Å². The van der Waals surface area contributed by atoms with Gasteiger partial charge in [0.1, 0.15) is 0 Å². The maximum atomic E-state index is 5.48. The number of hydrogen-bond donors (Lipinski definition) is 1. The molecule has 0 aromatic carbocycles. The van der Waals surface area contributed by atoms with Crippen LogP contribution in [-0.4, -0.2) is 19.0 Å². The van der Waals surface area contributed by atoms with Gasteiger partial charge >= 0.3 is 0 Å². The molecule has 0 aromatic rings. The van der Waals surface area contributed by atoms with Gasteiger partial charge in [0.15, 0.2) is 0 Å². The third kappa shape index (κ3) is 4.13. The minimum Gasteiger partial charge on any atom is -0.313 e. The van der Waals surface area contributed by atoms with Gasteiger partial charge in [-0.3, -0.25) is 0 Å². The van der Waals surface area contributed by atoms with Crippen molar-refractivity contribution in [2.45, 2.75) is 25.7 Å². The lowest BCUT2D eigenvalue weighted by Crippen LogP contribution is -2.21. The fraction of sp³-hybridized carbons (Fsp3) is 0.800. The van der Waals surface area contributed by atoms with Gasteiger partial charge < -0.3 is 5.32 Å². The van der Waals surface area contributed by atoms with Crippen molar-refractivity contribution in [3.63, 3.8) is 0 Å². The monoisotopic (exact) mass is 187 g/mol. The third-order valence-corrected chi connectivity index (χ3v) is 2.65. The lowest BCUT2D eigenvalue weighted by molar-refractivity contribution is 0.293. The Morgan fingerprint density at radius 3 is 2.75 bits per heavy atom. The number of alkyl halides is 1. The van der Waals surface area contributed by atoms with Gasteiger partial charge in [-0.1, -0.05) is 31.4 Å². The summed E-state index contributed by atoms with van der Waals surface area (Å²) in [4.78, 5) is 0. The largest absolute Gasteiger partial charge is 0.313 e. The first kappa shape index (κ1) is 10.1. The smallest absolute Gasteiger partial charge is 0.0404 e. The molecular formula is C10H18ClN. The van der Waals surface area contributed by atoms with Gasteiger partial charge in [0.25, 0.3) is 0 Å². The van der Waals surface area contributed by atoms with Gasteiger partial charge in [0.05, 0.1) is 0 Å². The van der Waals surface area contributed by atoms with Gasteiger partial charge in [0.2, 0.25) is 0 Å². The van der Waals surface area contributed by atoms with E-state index in [1.807, 2.05) is 6.08 Å². The van der Waals surface area contributed by atoms with Gasteiger partial charge in [-0.25, -0.2) is 0 Å². The van der Waals surface area contributed by atoms with Crippen molar-refractivity contribution in [2.24, 2.45) is 5.92 Å². The van der Waals surface area contributed by atoms with Crippen molar-refractivity contribution in [3.8, 4) is 0 Å². The molecule has 0 atom stereocenters. The van der Waals surface area contributed by atoms with E-state index in [1.165, 1.54) is 25.7 Å². The normalized spacial score (nSPS) is 18.4.